The molecule has 4 nitrogen and oxygen atoms in total. The first-order valence-electron chi connectivity index (χ1n) is 9.03. The highest BCUT2D eigenvalue weighted by Gasteiger charge is 2.11. The van der Waals surface area contributed by atoms with Crippen LogP contribution in [0.25, 0.3) is 10.8 Å². The third-order valence-corrected chi connectivity index (χ3v) is 4.61. The smallest absolute Gasteiger partial charge is 0.255 e. The van der Waals surface area contributed by atoms with E-state index in [4.69, 9.17) is 10.5 Å². The Hall–Kier alpha value is -3.79. The van der Waals surface area contributed by atoms with Crippen molar-refractivity contribution >= 4 is 28.1 Å². The van der Waals surface area contributed by atoms with E-state index < -0.39 is 0 Å². The zero-order valence-corrected chi connectivity index (χ0v) is 15.5. The topological polar surface area (TPSA) is 64.3 Å². The average molecular weight is 368 g/mol. The molecule has 0 saturated heterocycles. The van der Waals surface area contributed by atoms with Crippen molar-refractivity contribution in [3.05, 3.63) is 96.1 Å². The fourth-order valence-corrected chi connectivity index (χ4v) is 3.05. The number of ether oxygens (including phenoxy) is 1. The van der Waals surface area contributed by atoms with Gasteiger partial charge in [0.05, 0.1) is 5.69 Å². The lowest BCUT2D eigenvalue weighted by molar-refractivity contribution is 0.102. The van der Waals surface area contributed by atoms with Crippen LogP contribution in [0.1, 0.15) is 15.9 Å². The number of carbonyl (C=O) groups excluding carboxylic acids is 1. The lowest BCUT2D eigenvalue weighted by Gasteiger charge is -2.12. The summed E-state index contributed by atoms with van der Waals surface area (Å²) in [4.78, 5) is 12.5. The maximum atomic E-state index is 12.5. The lowest BCUT2D eigenvalue weighted by atomic mass is 10.1. The molecule has 0 bridgehead atoms. The molecule has 0 radical (unpaired) electrons. The molecule has 0 spiro atoms. The summed E-state index contributed by atoms with van der Waals surface area (Å²) in [5, 5.41) is 5.14. The van der Waals surface area contributed by atoms with Gasteiger partial charge in [-0.3, -0.25) is 4.79 Å². The molecule has 4 aromatic rings. The van der Waals surface area contributed by atoms with E-state index in [1.165, 1.54) is 0 Å². The van der Waals surface area contributed by atoms with Crippen molar-refractivity contribution in [1.29, 1.82) is 0 Å². The van der Waals surface area contributed by atoms with Crippen molar-refractivity contribution in [2.75, 3.05) is 11.1 Å². The second-order valence-corrected chi connectivity index (χ2v) is 6.63. The van der Waals surface area contributed by atoms with Gasteiger partial charge < -0.3 is 15.8 Å². The van der Waals surface area contributed by atoms with E-state index in [1.54, 1.807) is 18.2 Å². The van der Waals surface area contributed by atoms with Crippen molar-refractivity contribution in [3.63, 3.8) is 0 Å². The number of aryl methyl sites for hydroxylation is 1. The van der Waals surface area contributed by atoms with Crippen LogP contribution in [0.3, 0.4) is 0 Å². The molecular formula is C24H20N2O2. The van der Waals surface area contributed by atoms with Crippen LogP contribution in [0, 0.1) is 6.92 Å². The minimum atomic E-state index is -0.210. The van der Waals surface area contributed by atoms with Gasteiger partial charge in [0.2, 0.25) is 0 Å². The first kappa shape index (κ1) is 17.6. The predicted molar refractivity (Wildman–Crippen MR) is 114 cm³/mol. The zero-order valence-electron chi connectivity index (χ0n) is 15.5. The van der Waals surface area contributed by atoms with Crippen LogP contribution in [0.5, 0.6) is 11.5 Å². The molecule has 4 heteroatoms. The third-order valence-electron chi connectivity index (χ3n) is 4.61. The first-order valence-corrected chi connectivity index (χ1v) is 9.03. The van der Waals surface area contributed by atoms with Crippen molar-refractivity contribution in [2.45, 2.75) is 6.92 Å². The van der Waals surface area contributed by atoms with Crippen molar-refractivity contribution in [1.82, 2.24) is 0 Å². The van der Waals surface area contributed by atoms with E-state index >= 15 is 0 Å². The largest absolute Gasteiger partial charge is 0.455 e. The van der Waals surface area contributed by atoms with Crippen molar-refractivity contribution in [2.24, 2.45) is 0 Å². The van der Waals surface area contributed by atoms with Gasteiger partial charge in [-0.25, -0.2) is 0 Å². The van der Waals surface area contributed by atoms with Gasteiger partial charge in [0, 0.05) is 11.3 Å². The van der Waals surface area contributed by atoms with Crippen LogP contribution >= 0.6 is 0 Å². The number of anilines is 2. The Balaban J connectivity index is 1.53. The van der Waals surface area contributed by atoms with E-state index in [2.05, 4.69) is 11.4 Å². The molecule has 0 saturated carbocycles. The number of amides is 1. The molecule has 0 aliphatic rings. The molecular weight excluding hydrogens is 348 g/mol. The standard InChI is InChI=1S/C24H20N2O2/c1-16-6-2-5-9-22(16)26-24(27)19-11-13-23(21(25)15-19)28-20-12-10-17-7-3-4-8-18(17)14-20/h2-15H,25H2,1H3,(H,26,27). The number of rotatable bonds is 4. The highest BCUT2D eigenvalue weighted by atomic mass is 16.5. The summed E-state index contributed by atoms with van der Waals surface area (Å²) in [6.07, 6.45) is 0. The van der Waals surface area contributed by atoms with Crippen LogP contribution in [0.15, 0.2) is 84.9 Å². The molecule has 28 heavy (non-hydrogen) atoms. The van der Waals surface area contributed by atoms with Crippen molar-refractivity contribution < 1.29 is 9.53 Å². The van der Waals surface area contributed by atoms with E-state index in [0.717, 1.165) is 22.0 Å². The third kappa shape index (κ3) is 3.67. The van der Waals surface area contributed by atoms with Gasteiger partial charge in [0.15, 0.2) is 0 Å². The molecule has 3 N–H and O–H groups in total. The van der Waals surface area contributed by atoms with Crippen LogP contribution in [0.4, 0.5) is 11.4 Å². The van der Waals surface area contributed by atoms with Gasteiger partial charge in [-0.05, 0) is 59.7 Å². The molecule has 4 rings (SSSR count). The average Bonchev–Trinajstić information content (AvgIpc) is 2.71. The molecule has 0 aliphatic carbocycles. The maximum absolute atomic E-state index is 12.5. The summed E-state index contributed by atoms with van der Waals surface area (Å²) in [6.45, 7) is 1.95. The second-order valence-electron chi connectivity index (χ2n) is 6.63. The maximum Gasteiger partial charge on any atom is 0.255 e. The summed E-state index contributed by atoms with van der Waals surface area (Å²) < 4.78 is 5.93. The lowest BCUT2D eigenvalue weighted by Crippen LogP contribution is -2.13. The number of nitrogens with one attached hydrogen (secondary N) is 1. The normalized spacial score (nSPS) is 10.6. The Morgan fingerprint density at radius 3 is 2.39 bits per heavy atom. The number of carbonyl (C=O) groups is 1. The number of nitrogens with two attached hydrogens (primary N) is 1. The summed E-state index contributed by atoms with van der Waals surface area (Å²) >= 11 is 0. The Kier molecular flexibility index (Phi) is 4.68. The number of fused-ring (bicyclic) bond motifs is 1. The van der Waals surface area contributed by atoms with Gasteiger partial charge in [-0.2, -0.15) is 0 Å². The van der Waals surface area contributed by atoms with Crippen LogP contribution in [0.2, 0.25) is 0 Å². The molecule has 0 unspecified atom stereocenters. The van der Waals surface area contributed by atoms with E-state index in [-0.39, 0.29) is 5.91 Å². The molecule has 4 aromatic carbocycles. The highest BCUT2D eigenvalue weighted by Crippen LogP contribution is 2.30. The van der Waals surface area contributed by atoms with Gasteiger partial charge in [-0.1, -0.05) is 48.5 Å². The number of nitrogen functional groups attached to an aromatic ring is 1. The molecule has 0 aromatic heterocycles. The fraction of sp³-hybridized carbons (Fsp3) is 0.0417. The predicted octanol–water partition coefficient (Wildman–Crippen LogP) is 5.78. The van der Waals surface area contributed by atoms with E-state index in [0.29, 0.717) is 22.7 Å². The van der Waals surface area contributed by atoms with Crippen molar-refractivity contribution in [3.8, 4) is 11.5 Å². The Bertz CT molecular complexity index is 1170. The van der Waals surface area contributed by atoms with Gasteiger partial charge in [-0.15, -0.1) is 0 Å². The highest BCUT2D eigenvalue weighted by molar-refractivity contribution is 6.05. The van der Waals surface area contributed by atoms with Crippen LogP contribution in [-0.2, 0) is 0 Å². The Morgan fingerprint density at radius 1 is 0.857 bits per heavy atom. The SMILES string of the molecule is Cc1ccccc1NC(=O)c1ccc(Oc2ccc3ccccc3c2)c(N)c1. The first-order chi connectivity index (χ1) is 13.6. The monoisotopic (exact) mass is 368 g/mol. The number of benzene rings is 4. The van der Waals surface area contributed by atoms with Crippen LogP contribution < -0.4 is 15.8 Å². The fourth-order valence-electron chi connectivity index (χ4n) is 3.05. The molecule has 0 aliphatic heterocycles. The molecule has 0 atom stereocenters. The molecule has 0 heterocycles. The number of hydrogen-bond donors (Lipinski definition) is 2. The number of hydrogen-bond acceptors (Lipinski definition) is 3. The Labute approximate surface area is 163 Å². The van der Waals surface area contributed by atoms with Crippen LogP contribution in [-0.4, -0.2) is 5.91 Å². The van der Waals surface area contributed by atoms with Gasteiger partial charge >= 0.3 is 0 Å². The summed E-state index contributed by atoms with van der Waals surface area (Å²) in [5.74, 6) is 1.00. The molecule has 1 amide bonds. The minimum absolute atomic E-state index is 0.210. The number of para-hydroxylation sites is 1. The second kappa shape index (κ2) is 7.45. The summed E-state index contributed by atoms with van der Waals surface area (Å²) in [6, 6.07) is 26.6. The summed E-state index contributed by atoms with van der Waals surface area (Å²) in [5.41, 5.74) is 8.80. The minimum Gasteiger partial charge on any atom is -0.455 e. The molecule has 138 valence electrons. The molecule has 0 fully saturated rings. The Morgan fingerprint density at radius 2 is 1.61 bits per heavy atom. The van der Waals surface area contributed by atoms with E-state index in [9.17, 15) is 4.79 Å². The van der Waals surface area contributed by atoms with E-state index in [1.807, 2.05) is 67.6 Å². The van der Waals surface area contributed by atoms with Gasteiger partial charge in [0.1, 0.15) is 11.5 Å². The van der Waals surface area contributed by atoms with Gasteiger partial charge in [0.25, 0.3) is 5.91 Å². The quantitative estimate of drug-likeness (QED) is 0.449. The zero-order chi connectivity index (χ0) is 19.5. The summed E-state index contributed by atoms with van der Waals surface area (Å²) in [7, 11) is 0.